The van der Waals surface area contributed by atoms with Crippen molar-refractivity contribution in [2.24, 2.45) is 11.3 Å². The fourth-order valence-electron chi connectivity index (χ4n) is 3.87. The number of ether oxygens (including phenoxy) is 2. The Bertz CT molecular complexity index is 412. The summed E-state index contributed by atoms with van der Waals surface area (Å²) in [6.07, 6.45) is 2.01. The lowest BCUT2D eigenvalue weighted by Crippen LogP contribution is -2.68. The number of nitrogens with zero attached hydrogens (tertiary/aromatic N) is 2. The van der Waals surface area contributed by atoms with Crippen molar-refractivity contribution in [1.29, 1.82) is 0 Å². The predicted octanol–water partition coefficient (Wildman–Crippen LogP) is 2.35. The number of carbonyl (C=O) groups is 1. The smallest absolute Gasteiger partial charge is 0.410 e. The Balaban J connectivity index is 1.42. The summed E-state index contributed by atoms with van der Waals surface area (Å²) in [6, 6.07) is 0.618. The average molecular weight is 310 g/mol. The lowest BCUT2D eigenvalue weighted by atomic mass is 9.75. The first-order chi connectivity index (χ1) is 10.3. The first kappa shape index (κ1) is 16.1. The van der Waals surface area contributed by atoms with E-state index in [2.05, 4.69) is 11.8 Å². The van der Waals surface area contributed by atoms with Crippen LogP contribution in [0.3, 0.4) is 0 Å². The number of likely N-dealkylation sites (tertiary alicyclic amines) is 2. The van der Waals surface area contributed by atoms with E-state index < -0.39 is 5.60 Å². The lowest BCUT2D eigenvalue weighted by molar-refractivity contribution is -0.201. The van der Waals surface area contributed by atoms with Gasteiger partial charge in [0.05, 0.1) is 13.2 Å². The summed E-state index contributed by atoms with van der Waals surface area (Å²) in [5.41, 5.74) is 0.0868. The van der Waals surface area contributed by atoms with Crippen LogP contribution >= 0.6 is 0 Å². The van der Waals surface area contributed by atoms with Gasteiger partial charge in [0.15, 0.2) is 0 Å². The van der Waals surface area contributed by atoms with E-state index in [1.807, 2.05) is 25.7 Å². The molecule has 0 radical (unpaired) electrons. The largest absolute Gasteiger partial charge is 0.444 e. The summed E-state index contributed by atoms with van der Waals surface area (Å²) >= 11 is 0. The molecule has 1 amide bonds. The van der Waals surface area contributed by atoms with Gasteiger partial charge in [0.2, 0.25) is 0 Å². The molecule has 0 aromatic rings. The standard InChI is InChI=1S/C17H30N2O3/c1-13(19-9-17(10-19)11-21-12-17)14-5-7-18(8-6-14)15(20)22-16(2,3)4/h13-14H,5-12H2,1-4H3. The summed E-state index contributed by atoms with van der Waals surface area (Å²) in [5.74, 6) is 0.692. The van der Waals surface area contributed by atoms with Crippen molar-refractivity contribution < 1.29 is 14.3 Å². The number of piperidine rings is 1. The minimum atomic E-state index is -0.405. The van der Waals surface area contributed by atoms with Crippen molar-refractivity contribution in [3.63, 3.8) is 0 Å². The highest BCUT2D eigenvalue weighted by molar-refractivity contribution is 5.68. The molecule has 3 aliphatic heterocycles. The van der Waals surface area contributed by atoms with Gasteiger partial charge in [-0.1, -0.05) is 0 Å². The number of hydrogen-bond acceptors (Lipinski definition) is 4. The van der Waals surface area contributed by atoms with Crippen LogP contribution in [0.2, 0.25) is 0 Å². The van der Waals surface area contributed by atoms with Crippen LogP contribution in [-0.2, 0) is 9.47 Å². The molecule has 3 fully saturated rings. The summed E-state index contributed by atoms with van der Waals surface area (Å²) in [4.78, 5) is 16.6. The van der Waals surface area contributed by atoms with Crippen LogP contribution in [0.15, 0.2) is 0 Å². The molecule has 3 saturated heterocycles. The molecule has 1 unspecified atom stereocenters. The van der Waals surface area contributed by atoms with Gasteiger partial charge >= 0.3 is 6.09 Å². The minimum Gasteiger partial charge on any atom is -0.444 e. The molecule has 1 atom stereocenters. The molecule has 0 aromatic heterocycles. The highest BCUT2D eigenvalue weighted by Crippen LogP contribution is 2.40. The van der Waals surface area contributed by atoms with E-state index in [4.69, 9.17) is 9.47 Å². The van der Waals surface area contributed by atoms with Crippen molar-refractivity contribution >= 4 is 6.09 Å². The second kappa shape index (κ2) is 5.68. The Kier molecular flexibility index (Phi) is 4.14. The van der Waals surface area contributed by atoms with E-state index in [1.54, 1.807) is 0 Å². The SMILES string of the molecule is CC(C1CCN(C(=O)OC(C)(C)C)CC1)N1CC2(COC2)C1. The Hall–Kier alpha value is -0.810. The highest BCUT2D eigenvalue weighted by Gasteiger charge is 2.51. The summed E-state index contributed by atoms with van der Waals surface area (Å²) < 4.78 is 10.8. The summed E-state index contributed by atoms with van der Waals surface area (Å²) in [5, 5.41) is 0. The van der Waals surface area contributed by atoms with Crippen LogP contribution in [0, 0.1) is 11.3 Å². The molecule has 3 rings (SSSR count). The number of amides is 1. The summed E-state index contributed by atoms with van der Waals surface area (Å²) in [6.45, 7) is 14.1. The molecule has 126 valence electrons. The third kappa shape index (κ3) is 3.25. The van der Waals surface area contributed by atoms with Gasteiger partial charge < -0.3 is 14.4 Å². The molecule has 5 heteroatoms. The van der Waals surface area contributed by atoms with Gasteiger partial charge in [0.1, 0.15) is 5.60 Å². The molecule has 3 heterocycles. The monoisotopic (exact) mass is 310 g/mol. The fourth-order valence-corrected chi connectivity index (χ4v) is 3.87. The van der Waals surface area contributed by atoms with Crippen molar-refractivity contribution in [2.75, 3.05) is 39.4 Å². The van der Waals surface area contributed by atoms with Crippen LogP contribution in [0.5, 0.6) is 0 Å². The highest BCUT2D eigenvalue weighted by atomic mass is 16.6. The second-order valence-corrected chi connectivity index (χ2v) is 8.44. The zero-order valence-electron chi connectivity index (χ0n) is 14.4. The molecular weight excluding hydrogens is 280 g/mol. The second-order valence-electron chi connectivity index (χ2n) is 8.44. The first-order valence-corrected chi connectivity index (χ1v) is 8.58. The third-order valence-corrected chi connectivity index (χ3v) is 5.34. The maximum absolute atomic E-state index is 12.1. The van der Waals surface area contributed by atoms with Crippen LogP contribution in [0.4, 0.5) is 4.79 Å². The lowest BCUT2D eigenvalue weighted by Gasteiger charge is -2.58. The Labute approximate surface area is 133 Å². The van der Waals surface area contributed by atoms with Crippen molar-refractivity contribution in [2.45, 2.75) is 52.2 Å². The molecule has 0 bridgehead atoms. The van der Waals surface area contributed by atoms with E-state index in [9.17, 15) is 4.79 Å². The Morgan fingerprint density at radius 1 is 1.23 bits per heavy atom. The van der Waals surface area contributed by atoms with Crippen LogP contribution in [0.1, 0.15) is 40.5 Å². The molecular formula is C17H30N2O3. The van der Waals surface area contributed by atoms with Gasteiger partial charge in [-0.3, -0.25) is 4.90 Å². The molecule has 0 aliphatic carbocycles. The van der Waals surface area contributed by atoms with Crippen molar-refractivity contribution in [3.8, 4) is 0 Å². The topological polar surface area (TPSA) is 42.0 Å². The fraction of sp³-hybridized carbons (Fsp3) is 0.941. The number of rotatable bonds is 2. The molecule has 0 aromatic carbocycles. The molecule has 0 saturated carbocycles. The average Bonchev–Trinajstić information content (AvgIpc) is 2.33. The normalized spacial score (nSPS) is 27.2. The third-order valence-electron chi connectivity index (χ3n) is 5.34. The maximum atomic E-state index is 12.1. The summed E-state index contributed by atoms with van der Waals surface area (Å²) in [7, 11) is 0. The quantitative estimate of drug-likeness (QED) is 0.785. The van der Waals surface area contributed by atoms with E-state index in [0.29, 0.717) is 17.4 Å². The zero-order valence-corrected chi connectivity index (χ0v) is 14.4. The Morgan fingerprint density at radius 2 is 1.82 bits per heavy atom. The van der Waals surface area contributed by atoms with E-state index in [1.165, 1.54) is 13.1 Å². The number of hydrogen-bond donors (Lipinski definition) is 0. The zero-order chi connectivity index (χ0) is 16.0. The van der Waals surface area contributed by atoms with Crippen molar-refractivity contribution in [1.82, 2.24) is 9.80 Å². The molecule has 22 heavy (non-hydrogen) atoms. The van der Waals surface area contributed by atoms with Gasteiger partial charge in [-0.25, -0.2) is 4.79 Å². The van der Waals surface area contributed by atoms with Gasteiger partial charge in [0, 0.05) is 37.6 Å². The number of carbonyl (C=O) groups excluding carboxylic acids is 1. The molecule has 3 aliphatic rings. The minimum absolute atomic E-state index is 0.159. The van der Waals surface area contributed by atoms with Crippen molar-refractivity contribution in [3.05, 3.63) is 0 Å². The maximum Gasteiger partial charge on any atom is 0.410 e. The predicted molar refractivity (Wildman–Crippen MR) is 84.8 cm³/mol. The van der Waals surface area contributed by atoms with E-state index >= 15 is 0 Å². The molecule has 0 N–H and O–H groups in total. The van der Waals surface area contributed by atoms with Gasteiger partial charge in [-0.05, 0) is 46.5 Å². The molecule has 5 nitrogen and oxygen atoms in total. The van der Waals surface area contributed by atoms with Gasteiger partial charge in [0.25, 0.3) is 0 Å². The van der Waals surface area contributed by atoms with Crippen LogP contribution in [0.25, 0.3) is 0 Å². The Morgan fingerprint density at radius 3 is 2.27 bits per heavy atom. The first-order valence-electron chi connectivity index (χ1n) is 8.58. The van der Waals surface area contributed by atoms with Crippen LogP contribution in [-0.4, -0.2) is 66.9 Å². The van der Waals surface area contributed by atoms with E-state index in [0.717, 1.165) is 39.1 Å². The van der Waals surface area contributed by atoms with Gasteiger partial charge in [-0.2, -0.15) is 0 Å². The molecule has 1 spiro atoms. The van der Waals surface area contributed by atoms with E-state index in [-0.39, 0.29) is 6.09 Å². The van der Waals surface area contributed by atoms with Gasteiger partial charge in [-0.15, -0.1) is 0 Å². The van der Waals surface area contributed by atoms with Crippen LogP contribution < -0.4 is 0 Å².